The van der Waals surface area contributed by atoms with Crippen LogP contribution in [0.1, 0.15) is 28.7 Å². The minimum atomic E-state index is -0.520. The number of nitrogens with one attached hydrogen (secondary N) is 1. The maximum Gasteiger partial charge on any atom is 0.293 e. The molecule has 0 unspecified atom stereocenters. The number of nitrogen functional groups attached to an aromatic ring is 1. The van der Waals surface area contributed by atoms with Crippen molar-refractivity contribution in [1.29, 1.82) is 0 Å². The summed E-state index contributed by atoms with van der Waals surface area (Å²) in [6.07, 6.45) is 0. The lowest BCUT2D eigenvalue weighted by atomic mass is 10.0. The summed E-state index contributed by atoms with van der Waals surface area (Å²) in [4.78, 5) is 15.1. The number of benzene rings is 3. The van der Waals surface area contributed by atoms with Crippen LogP contribution in [0.5, 0.6) is 0 Å². The average Bonchev–Trinajstić information content (AvgIpc) is 3.52. The number of aromatic nitrogens is 5. The Balaban J connectivity index is 1.43. The Morgan fingerprint density at radius 3 is 2.56 bits per heavy atom. The summed E-state index contributed by atoms with van der Waals surface area (Å²) in [6, 6.07) is 23.8. The maximum atomic E-state index is 13.2. The third kappa shape index (κ3) is 4.49. The first-order chi connectivity index (χ1) is 17.5. The number of rotatable bonds is 7. The van der Waals surface area contributed by atoms with Gasteiger partial charge in [0, 0.05) is 12.7 Å². The van der Waals surface area contributed by atoms with Crippen molar-refractivity contribution in [2.45, 2.75) is 13.5 Å². The lowest BCUT2D eigenvalue weighted by Crippen LogP contribution is -2.25. The highest BCUT2D eigenvalue weighted by molar-refractivity contribution is 6.03. The molecule has 11 nitrogen and oxygen atoms in total. The van der Waals surface area contributed by atoms with Crippen LogP contribution in [0, 0.1) is 0 Å². The predicted octanol–water partition coefficient (Wildman–Crippen LogP) is 3.18. The van der Waals surface area contributed by atoms with Gasteiger partial charge in [0.25, 0.3) is 5.91 Å². The van der Waals surface area contributed by atoms with Crippen LogP contribution >= 0.6 is 0 Å². The van der Waals surface area contributed by atoms with E-state index < -0.39 is 5.91 Å². The van der Waals surface area contributed by atoms with Gasteiger partial charge >= 0.3 is 0 Å². The van der Waals surface area contributed by atoms with Gasteiger partial charge in [-0.3, -0.25) is 4.79 Å². The molecule has 0 radical (unpaired) electrons. The van der Waals surface area contributed by atoms with E-state index in [1.807, 2.05) is 91.7 Å². The van der Waals surface area contributed by atoms with Gasteiger partial charge in [-0.1, -0.05) is 59.8 Å². The molecule has 0 spiro atoms. The Labute approximate surface area is 206 Å². The Bertz CT molecular complexity index is 1560. The molecule has 3 aromatic carbocycles. The minimum Gasteiger partial charge on any atom is -0.378 e. The highest BCUT2D eigenvalue weighted by atomic mass is 16.6. The van der Waals surface area contributed by atoms with Crippen LogP contribution in [0.2, 0.25) is 0 Å². The zero-order chi connectivity index (χ0) is 25.1. The first kappa shape index (κ1) is 22.7. The number of para-hydroxylation sites is 1. The van der Waals surface area contributed by atoms with E-state index in [2.05, 4.69) is 31.2 Å². The number of nitrogens with zero attached hydrogens (tertiary/aromatic N) is 7. The molecule has 0 aliphatic heterocycles. The van der Waals surface area contributed by atoms with E-state index in [0.29, 0.717) is 11.4 Å². The van der Waals surface area contributed by atoms with Crippen molar-refractivity contribution < 1.29 is 9.42 Å². The van der Waals surface area contributed by atoms with Gasteiger partial charge in [-0.25, -0.2) is 10.1 Å². The Hall–Kier alpha value is -5.06. The highest BCUT2D eigenvalue weighted by Crippen LogP contribution is 2.21. The fourth-order valence-electron chi connectivity index (χ4n) is 3.79. The van der Waals surface area contributed by atoms with Crippen LogP contribution in [0.3, 0.4) is 0 Å². The zero-order valence-corrected chi connectivity index (χ0v) is 19.7. The molecular formula is C25H23N9O2. The van der Waals surface area contributed by atoms with Gasteiger partial charge in [-0.2, -0.15) is 9.78 Å². The number of amides is 1. The summed E-state index contributed by atoms with van der Waals surface area (Å²) in [5, 5.41) is 22.1. The molecule has 11 heteroatoms. The highest BCUT2D eigenvalue weighted by Gasteiger charge is 2.25. The number of hydrazone groups is 1. The summed E-state index contributed by atoms with van der Waals surface area (Å²) >= 11 is 0. The average molecular weight is 482 g/mol. The molecule has 0 saturated carbocycles. The molecule has 180 valence electrons. The molecule has 0 aliphatic carbocycles. The minimum absolute atomic E-state index is 0.0284. The fourth-order valence-corrected chi connectivity index (χ4v) is 3.79. The van der Waals surface area contributed by atoms with Crippen LogP contribution in [0.25, 0.3) is 16.6 Å². The van der Waals surface area contributed by atoms with Crippen LogP contribution < -0.4 is 16.1 Å². The quantitative estimate of drug-likeness (QED) is 0.267. The molecule has 3 N–H and O–H groups in total. The van der Waals surface area contributed by atoms with Crippen molar-refractivity contribution in [3.8, 4) is 5.82 Å². The second-order valence-corrected chi connectivity index (χ2v) is 8.16. The van der Waals surface area contributed by atoms with E-state index >= 15 is 0 Å². The zero-order valence-electron chi connectivity index (χ0n) is 19.7. The van der Waals surface area contributed by atoms with Crippen LogP contribution in [-0.2, 0) is 6.54 Å². The predicted molar refractivity (Wildman–Crippen MR) is 136 cm³/mol. The largest absolute Gasteiger partial charge is 0.378 e. The molecule has 0 aliphatic rings. The summed E-state index contributed by atoms with van der Waals surface area (Å²) in [7, 11) is 1.89. The standard InChI is InChI=1S/C25H23N9O2/c1-16(18-13-12-17-8-6-7-9-19(17)14-18)27-29-25(35)22-21(15-33(2)20-10-4-3-5-11-20)34(32-28-22)24-23(26)30-36-31-24/h3-14H,15H2,1-2H3,(H2,26,30)(H,29,35). The first-order valence-corrected chi connectivity index (χ1v) is 11.1. The molecule has 5 rings (SSSR count). The number of nitrogens with two attached hydrogens (primary N) is 1. The topological polar surface area (TPSA) is 140 Å². The number of carbonyl (C=O) groups excluding carboxylic acids is 1. The van der Waals surface area contributed by atoms with Crippen molar-refractivity contribution in [2.75, 3.05) is 17.7 Å². The molecule has 0 bridgehead atoms. The van der Waals surface area contributed by atoms with Gasteiger partial charge in [0.1, 0.15) is 0 Å². The lowest BCUT2D eigenvalue weighted by Gasteiger charge is -2.19. The molecule has 0 saturated heterocycles. The smallest absolute Gasteiger partial charge is 0.293 e. The van der Waals surface area contributed by atoms with Crippen LogP contribution in [-0.4, -0.2) is 44.0 Å². The van der Waals surface area contributed by atoms with Gasteiger partial charge in [-0.05, 0) is 51.8 Å². The van der Waals surface area contributed by atoms with Crippen molar-refractivity contribution in [1.82, 2.24) is 30.7 Å². The van der Waals surface area contributed by atoms with Gasteiger partial charge in [0.2, 0.25) is 11.6 Å². The summed E-state index contributed by atoms with van der Waals surface area (Å²) in [5.41, 5.74) is 11.5. The van der Waals surface area contributed by atoms with Crippen molar-refractivity contribution >= 4 is 33.9 Å². The van der Waals surface area contributed by atoms with Gasteiger partial charge in [-0.15, -0.1) is 5.10 Å². The normalized spacial score (nSPS) is 11.6. The number of fused-ring (bicyclic) bond motifs is 1. The van der Waals surface area contributed by atoms with E-state index in [0.717, 1.165) is 22.0 Å². The van der Waals surface area contributed by atoms with Crippen molar-refractivity contribution in [3.05, 3.63) is 89.7 Å². The third-order valence-electron chi connectivity index (χ3n) is 5.75. The summed E-state index contributed by atoms with van der Waals surface area (Å²) < 4.78 is 6.07. The lowest BCUT2D eigenvalue weighted by molar-refractivity contribution is 0.0949. The Morgan fingerprint density at radius 2 is 1.81 bits per heavy atom. The Morgan fingerprint density at radius 1 is 1.06 bits per heavy atom. The molecule has 0 fully saturated rings. The van der Waals surface area contributed by atoms with E-state index in [4.69, 9.17) is 10.4 Å². The molecule has 5 aromatic rings. The van der Waals surface area contributed by atoms with Crippen molar-refractivity contribution in [3.63, 3.8) is 0 Å². The molecule has 1 amide bonds. The fraction of sp³-hybridized carbons (Fsp3) is 0.120. The van der Waals surface area contributed by atoms with E-state index in [-0.39, 0.29) is 23.9 Å². The molecule has 0 atom stereocenters. The van der Waals surface area contributed by atoms with Gasteiger partial charge in [0.15, 0.2) is 5.69 Å². The third-order valence-corrected chi connectivity index (χ3v) is 5.75. The molecular weight excluding hydrogens is 458 g/mol. The molecule has 2 aromatic heterocycles. The number of carbonyl (C=O) groups is 1. The van der Waals surface area contributed by atoms with E-state index in [1.54, 1.807) is 0 Å². The van der Waals surface area contributed by atoms with Crippen LogP contribution in [0.15, 0.2) is 82.5 Å². The van der Waals surface area contributed by atoms with Crippen molar-refractivity contribution in [2.24, 2.45) is 5.10 Å². The number of anilines is 2. The molecule has 36 heavy (non-hydrogen) atoms. The number of hydrogen-bond donors (Lipinski definition) is 2. The van der Waals surface area contributed by atoms with Crippen LogP contribution in [0.4, 0.5) is 11.5 Å². The molecule has 2 heterocycles. The van der Waals surface area contributed by atoms with E-state index in [1.165, 1.54) is 4.68 Å². The summed E-state index contributed by atoms with van der Waals surface area (Å²) in [6.45, 7) is 2.10. The second-order valence-electron chi connectivity index (χ2n) is 8.16. The monoisotopic (exact) mass is 481 g/mol. The summed E-state index contributed by atoms with van der Waals surface area (Å²) in [5.74, 6) is -0.345. The van der Waals surface area contributed by atoms with Gasteiger partial charge < -0.3 is 10.6 Å². The van der Waals surface area contributed by atoms with Gasteiger partial charge in [0.05, 0.1) is 18.0 Å². The maximum absolute atomic E-state index is 13.2. The first-order valence-electron chi connectivity index (χ1n) is 11.1. The SMILES string of the molecule is CC(=NNC(=O)c1nnn(-c2nonc2N)c1CN(C)c1ccccc1)c1ccc2ccccc2c1. The Kier molecular flexibility index (Phi) is 6.10. The number of hydrogen-bond acceptors (Lipinski definition) is 9. The second kappa shape index (κ2) is 9.66. The van der Waals surface area contributed by atoms with E-state index in [9.17, 15) is 4.79 Å².